The van der Waals surface area contributed by atoms with Gasteiger partial charge >= 0.3 is 0 Å². The molecule has 2 aromatic heterocycles. The van der Waals surface area contributed by atoms with Crippen molar-refractivity contribution >= 4 is 39.5 Å². The molecule has 0 aliphatic carbocycles. The minimum Gasteiger partial charge on any atom is -0.450 e. The molecule has 3 fully saturated rings. The molecule has 6 heteroatoms. The molecule has 1 amide bonds. The molecule has 22 heavy (non-hydrogen) atoms. The van der Waals surface area contributed by atoms with Crippen molar-refractivity contribution < 1.29 is 9.21 Å². The van der Waals surface area contributed by atoms with Gasteiger partial charge in [0, 0.05) is 36.3 Å². The number of aromatic nitrogens is 1. The van der Waals surface area contributed by atoms with Gasteiger partial charge in [-0.25, -0.2) is 0 Å². The third kappa shape index (κ3) is 2.52. The molecule has 1 N–H and O–H groups in total. The number of furan rings is 1. The Hall–Kier alpha value is -1.15. The summed E-state index contributed by atoms with van der Waals surface area (Å²) < 4.78 is 6.37. The van der Waals surface area contributed by atoms with E-state index in [9.17, 15) is 4.79 Å². The summed E-state index contributed by atoms with van der Waals surface area (Å²) in [5, 5.41) is 4.10. The third-order valence-electron chi connectivity index (χ3n) is 4.98. The van der Waals surface area contributed by atoms with E-state index in [1.54, 1.807) is 12.3 Å². The van der Waals surface area contributed by atoms with Crippen LogP contribution in [-0.4, -0.2) is 41.0 Å². The Morgan fingerprint density at radius 1 is 1.50 bits per heavy atom. The SMILES string of the molecule is CC1CC2CCN1CC2NC(=O)c1cc2oc(I)cc2cn1. The highest BCUT2D eigenvalue weighted by molar-refractivity contribution is 14.1. The van der Waals surface area contributed by atoms with E-state index in [1.165, 1.54) is 12.8 Å². The number of hydrogen-bond acceptors (Lipinski definition) is 4. The first-order valence-corrected chi connectivity index (χ1v) is 8.78. The van der Waals surface area contributed by atoms with Gasteiger partial charge in [-0.15, -0.1) is 0 Å². The molecule has 2 bridgehead atoms. The second kappa shape index (κ2) is 5.49. The maximum atomic E-state index is 12.5. The fourth-order valence-corrected chi connectivity index (χ4v) is 4.30. The summed E-state index contributed by atoms with van der Waals surface area (Å²) >= 11 is 2.12. The molecule has 5 rings (SSSR count). The van der Waals surface area contributed by atoms with E-state index in [0.717, 1.165) is 22.2 Å². The molecule has 5 nitrogen and oxygen atoms in total. The molecular formula is C16H18IN3O2. The zero-order valence-corrected chi connectivity index (χ0v) is 14.5. The van der Waals surface area contributed by atoms with E-state index in [1.807, 2.05) is 6.07 Å². The number of halogens is 1. The number of rotatable bonds is 2. The normalized spacial score (nSPS) is 30.6. The fraction of sp³-hybridized carbons (Fsp3) is 0.500. The first-order valence-electron chi connectivity index (χ1n) is 7.70. The Bertz CT molecular complexity index is 729. The minimum absolute atomic E-state index is 0.0975. The summed E-state index contributed by atoms with van der Waals surface area (Å²) in [4.78, 5) is 19.2. The third-order valence-corrected chi connectivity index (χ3v) is 5.51. The van der Waals surface area contributed by atoms with Gasteiger partial charge < -0.3 is 9.73 Å². The smallest absolute Gasteiger partial charge is 0.270 e. The molecule has 4 unspecified atom stereocenters. The predicted octanol–water partition coefficient (Wildman–Crippen LogP) is 2.64. The van der Waals surface area contributed by atoms with Crippen molar-refractivity contribution in [1.29, 1.82) is 0 Å². The van der Waals surface area contributed by atoms with E-state index >= 15 is 0 Å². The van der Waals surface area contributed by atoms with Gasteiger partial charge in [0.2, 0.25) is 0 Å². The van der Waals surface area contributed by atoms with Crippen LogP contribution in [-0.2, 0) is 0 Å². The maximum absolute atomic E-state index is 12.5. The van der Waals surface area contributed by atoms with Gasteiger partial charge in [-0.05, 0) is 60.9 Å². The molecular weight excluding hydrogens is 393 g/mol. The number of carbonyl (C=O) groups excluding carboxylic acids is 1. The topological polar surface area (TPSA) is 58.4 Å². The molecule has 116 valence electrons. The second-order valence-electron chi connectivity index (χ2n) is 6.37. The average Bonchev–Trinajstić information content (AvgIpc) is 2.87. The van der Waals surface area contributed by atoms with Crippen molar-refractivity contribution in [3.05, 3.63) is 27.8 Å². The van der Waals surface area contributed by atoms with Crippen LogP contribution in [0.1, 0.15) is 30.3 Å². The Morgan fingerprint density at radius 2 is 2.36 bits per heavy atom. The van der Waals surface area contributed by atoms with Crippen molar-refractivity contribution in [2.75, 3.05) is 13.1 Å². The Kier molecular flexibility index (Phi) is 3.60. The number of piperidine rings is 3. The lowest BCUT2D eigenvalue weighted by Gasteiger charge is -2.48. The lowest BCUT2D eigenvalue weighted by Crippen LogP contribution is -2.60. The monoisotopic (exact) mass is 411 g/mol. The molecule has 0 radical (unpaired) electrons. The van der Waals surface area contributed by atoms with E-state index in [0.29, 0.717) is 23.2 Å². The highest BCUT2D eigenvalue weighted by Gasteiger charge is 2.38. The number of hydrogen-bond donors (Lipinski definition) is 1. The molecule has 3 aliphatic heterocycles. The lowest BCUT2D eigenvalue weighted by molar-refractivity contribution is 0.0273. The first-order chi connectivity index (χ1) is 10.6. The highest BCUT2D eigenvalue weighted by Crippen LogP contribution is 2.32. The number of carbonyl (C=O) groups is 1. The van der Waals surface area contributed by atoms with E-state index in [4.69, 9.17) is 4.42 Å². The number of pyridine rings is 1. The Morgan fingerprint density at radius 3 is 3.09 bits per heavy atom. The number of amides is 1. The maximum Gasteiger partial charge on any atom is 0.270 e. The number of fused-ring (bicyclic) bond motifs is 4. The van der Waals surface area contributed by atoms with Crippen LogP contribution < -0.4 is 5.32 Å². The van der Waals surface area contributed by atoms with Crippen LogP contribution in [0.15, 0.2) is 22.7 Å². The van der Waals surface area contributed by atoms with Crippen LogP contribution in [0.25, 0.3) is 11.0 Å². The van der Waals surface area contributed by atoms with Crippen LogP contribution in [0.5, 0.6) is 0 Å². The van der Waals surface area contributed by atoms with Crippen LogP contribution in [0.2, 0.25) is 0 Å². The quantitative estimate of drug-likeness (QED) is 0.773. The molecule has 0 aromatic carbocycles. The largest absolute Gasteiger partial charge is 0.450 e. The van der Waals surface area contributed by atoms with Crippen molar-refractivity contribution in [2.45, 2.75) is 31.8 Å². The van der Waals surface area contributed by atoms with Gasteiger partial charge in [-0.3, -0.25) is 14.7 Å². The Labute approximate surface area is 142 Å². The summed E-state index contributed by atoms with van der Waals surface area (Å²) in [5.74, 6) is 0.497. The molecule has 2 aromatic rings. The molecule has 0 saturated carbocycles. The summed E-state index contributed by atoms with van der Waals surface area (Å²) in [6.45, 7) is 4.39. The summed E-state index contributed by atoms with van der Waals surface area (Å²) in [6.07, 6.45) is 4.06. The van der Waals surface area contributed by atoms with Crippen molar-refractivity contribution in [1.82, 2.24) is 15.2 Å². The average molecular weight is 411 g/mol. The van der Waals surface area contributed by atoms with Gasteiger partial charge in [0.25, 0.3) is 5.91 Å². The van der Waals surface area contributed by atoms with Crippen LogP contribution in [0, 0.1) is 9.68 Å². The molecule has 3 aliphatic rings. The highest BCUT2D eigenvalue weighted by atomic mass is 127. The predicted molar refractivity (Wildman–Crippen MR) is 91.7 cm³/mol. The van der Waals surface area contributed by atoms with E-state index < -0.39 is 0 Å². The van der Waals surface area contributed by atoms with E-state index in [2.05, 4.69) is 44.7 Å². The summed E-state index contributed by atoms with van der Waals surface area (Å²) in [5.41, 5.74) is 1.15. The number of nitrogens with zero attached hydrogens (tertiary/aromatic N) is 2. The number of nitrogens with one attached hydrogen (secondary N) is 1. The summed E-state index contributed by atoms with van der Waals surface area (Å²) in [7, 11) is 0. The summed E-state index contributed by atoms with van der Waals surface area (Å²) in [6, 6.07) is 4.54. The van der Waals surface area contributed by atoms with Gasteiger partial charge in [-0.1, -0.05) is 0 Å². The van der Waals surface area contributed by atoms with Gasteiger partial charge in [0.1, 0.15) is 11.3 Å². The van der Waals surface area contributed by atoms with Gasteiger partial charge in [0.05, 0.1) is 0 Å². The fourth-order valence-electron chi connectivity index (χ4n) is 3.73. The van der Waals surface area contributed by atoms with Crippen molar-refractivity contribution in [3.63, 3.8) is 0 Å². The second-order valence-corrected chi connectivity index (χ2v) is 7.43. The minimum atomic E-state index is -0.0975. The van der Waals surface area contributed by atoms with Crippen molar-refractivity contribution in [3.8, 4) is 0 Å². The van der Waals surface area contributed by atoms with Gasteiger partial charge in [0.15, 0.2) is 3.77 Å². The zero-order valence-electron chi connectivity index (χ0n) is 12.4. The molecule has 5 heterocycles. The van der Waals surface area contributed by atoms with E-state index in [-0.39, 0.29) is 11.9 Å². The Balaban J connectivity index is 1.51. The molecule has 4 atom stereocenters. The first kappa shape index (κ1) is 14.4. The molecule has 3 saturated heterocycles. The lowest BCUT2D eigenvalue weighted by atomic mass is 9.80. The van der Waals surface area contributed by atoms with Crippen LogP contribution in [0.4, 0.5) is 0 Å². The van der Waals surface area contributed by atoms with Gasteiger partial charge in [-0.2, -0.15) is 0 Å². The van der Waals surface area contributed by atoms with Crippen LogP contribution >= 0.6 is 22.6 Å². The van der Waals surface area contributed by atoms with Crippen LogP contribution in [0.3, 0.4) is 0 Å². The zero-order chi connectivity index (χ0) is 15.3. The van der Waals surface area contributed by atoms with Crippen molar-refractivity contribution in [2.24, 2.45) is 5.92 Å². The standard InChI is InChI=1S/C16H18IN3O2/c1-9-4-10-2-3-20(9)8-13(10)19-16(21)12-6-14-11(7-18-12)5-15(17)22-14/h5-7,9-10,13H,2-4,8H2,1H3,(H,19,21). The molecule has 0 spiro atoms.